The van der Waals surface area contributed by atoms with E-state index in [4.69, 9.17) is 9.47 Å². The van der Waals surface area contributed by atoms with E-state index in [1.807, 2.05) is 0 Å². The largest absolute Gasteiger partial charge is 0.380 e. The molecule has 0 radical (unpaired) electrons. The molecule has 0 aromatic heterocycles. The predicted molar refractivity (Wildman–Crippen MR) is 47.1 cm³/mol. The van der Waals surface area contributed by atoms with Crippen LogP contribution in [0.4, 0.5) is 0 Å². The highest BCUT2D eigenvalue weighted by atomic mass is 16.5. The molecule has 2 heteroatoms. The molecule has 0 aromatic carbocycles. The van der Waals surface area contributed by atoms with E-state index < -0.39 is 0 Å². The van der Waals surface area contributed by atoms with Gasteiger partial charge in [-0.25, -0.2) is 0 Å². The molecule has 2 fully saturated rings. The van der Waals surface area contributed by atoms with E-state index in [0.29, 0.717) is 11.5 Å². The Hall–Kier alpha value is -0.0800. The standard InChI is InChI=1S/C10H18O2/c1-9(2,3)12-8-4-10(5-8)6-11-7-10/h8H,4-7H2,1-3H3. The van der Waals surface area contributed by atoms with E-state index in [1.54, 1.807) is 0 Å². The molecule has 12 heavy (non-hydrogen) atoms. The van der Waals surface area contributed by atoms with Crippen LogP contribution in [0.3, 0.4) is 0 Å². The molecule has 1 saturated heterocycles. The number of hydrogen-bond donors (Lipinski definition) is 0. The Labute approximate surface area is 74.2 Å². The summed E-state index contributed by atoms with van der Waals surface area (Å²) in [6, 6.07) is 0. The van der Waals surface area contributed by atoms with E-state index in [9.17, 15) is 0 Å². The molecule has 1 heterocycles. The fourth-order valence-electron chi connectivity index (χ4n) is 2.12. The maximum Gasteiger partial charge on any atom is 0.0602 e. The SMILES string of the molecule is CC(C)(C)OC1CC2(COC2)C1. The average molecular weight is 170 g/mol. The van der Waals surface area contributed by atoms with E-state index >= 15 is 0 Å². The van der Waals surface area contributed by atoms with Gasteiger partial charge >= 0.3 is 0 Å². The molecular formula is C10H18O2. The summed E-state index contributed by atoms with van der Waals surface area (Å²) in [5, 5.41) is 0. The van der Waals surface area contributed by atoms with Crippen LogP contribution in [0.2, 0.25) is 0 Å². The molecule has 0 amide bonds. The van der Waals surface area contributed by atoms with Crippen molar-refractivity contribution in [2.24, 2.45) is 5.41 Å². The van der Waals surface area contributed by atoms with Crippen LogP contribution in [0.25, 0.3) is 0 Å². The van der Waals surface area contributed by atoms with Crippen LogP contribution in [0.1, 0.15) is 33.6 Å². The second-order valence-electron chi connectivity index (χ2n) is 5.25. The topological polar surface area (TPSA) is 18.5 Å². The molecule has 2 aliphatic rings. The first-order chi connectivity index (χ1) is 5.49. The van der Waals surface area contributed by atoms with Gasteiger partial charge in [-0.3, -0.25) is 0 Å². The van der Waals surface area contributed by atoms with Crippen LogP contribution in [-0.2, 0) is 9.47 Å². The zero-order chi connectivity index (χ0) is 8.82. The van der Waals surface area contributed by atoms with Gasteiger partial charge < -0.3 is 9.47 Å². The smallest absolute Gasteiger partial charge is 0.0602 e. The van der Waals surface area contributed by atoms with Gasteiger partial charge in [0.15, 0.2) is 0 Å². The Morgan fingerprint density at radius 2 is 1.83 bits per heavy atom. The fraction of sp³-hybridized carbons (Fsp3) is 1.00. The molecule has 1 saturated carbocycles. The molecule has 0 bridgehead atoms. The van der Waals surface area contributed by atoms with Crippen molar-refractivity contribution in [3.05, 3.63) is 0 Å². The highest BCUT2D eigenvalue weighted by Crippen LogP contribution is 2.49. The molecule has 2 nitrogen and oxygen atoms in total. The highest BCUT2D eigenvalue weighted by Gasteiger charge is 2.51. The van der Waals surface area contributed by atoms with Gasteiger partial charge in [0.2, 0.25) is 0 Å². The van der Waals surface area contributed by atoms with Crippen molar-refractivity contribution in [3.63, 3.8) is 0 Å². The van der Waals surface area contributed by atoms with E-state index in [2.05, 4.69) is 20.8 Å². The normalized spacial score (nSPS) is 28.2. The van der Waals surface area contributed by atoms with Crippen LogP contribution in [0, 0.1) is 5.41 Å². The molecule has 0 N–H and O–H groups in total. The van der Waals surface area contributed by atoms with Gasteiger partial charge in [-0.15, -0.1) is 0 Å². The minimum atomic E-state index is 0.0247. The number of rotatable bonds is 1. The zero-order valence-corrected chi connectivity index (χ0v) is 8.22. The molecule has 0 aromatic rings. The molecule has 0 atom stereocenters. The number of ether oxygens (including phenoxy) is 2. The summed E-state index contributed by atoms with van der Waals surface area (Å²) in [5.41, 5.74) is 0.562. The van der Waals surface area contributed by atoms with Gasteiger partial charge in [0.25, 0.3) is 0 Å². The molecular weight excluding hydrogens is 152 g/mol. The third-order valence-electron chi connectivity index (χ3n) is 2.66. The van der Waals surface area contributed by atoms with Crippen molar-refractivity contribution in [2.45, 2.75) is 45.3 Å². The monoisotopic (exact) mass is 170 g/mol. The zero-order valence-electron chi connectivity index (χ0n) is 8.22. The summed E-state index contributed by atoms with van der Waals surface area (Å²) in [6.07, 6.45) is 2.92. The summed E-state index contributed by atoms with van der Waals surface area (Å²) >= 11 is 0. The van der Waals surface area contributed by atoms with Gasteiger partial charge in [-0.05, 0) is 33.6 Å². The van der Waals surface area contributed by atoms with Gasteiger partial charge in [-0.2, -0.15) is 0 Å². The Morgan fingerprint density at radius 1 is 1.25 bits per heavy atom. The van der Waals surface area contributed by atoms with Crippen LogP contribution < -0.4 is 0 Å². The van der Waals surface area contributed by atoms with Gasteiger partial charge in [0.05, 0.1) is 24.9 Å². The Kier molecular flexibility index (Phi) is 1.74. The van der Waals surface area contributed by atoms with E-state index in [0.717, 1.165) is 13.2 Å². The van der Waals surface area contributed by atoms with Crippen molar-refractivity contribution < 1.29 is 9.47 Å². The van der Waals surface area contributed by atoms with Gasteiger partial charge in [0.1, 0.15) is 0 Å². The number of hydrogen-bond acceptors (Lipinski definition) is 2. The quantitative estimate of drug-likeness (QED) is 0.599. The van der Waals surface area contributed by atoms with Crippen molar-refractivity contribution in [1.29, 1.82) is 0 Å². The van der Waals surface area contributed by atoms with E-state index in [1.165, 1.54) is 12.8 Å². The Balaban J connectivity index is 1.74. The summed E-state index contributed by atoms with van der Waals surface area (Å²) in [4.78, 5) is 0. The van der Waals surface area contributed by atoms with Crippen LogP contribution in [0.15, 0.2) is 0 Å². The van der Waals surface area contributed by atoms with Crippen molar-refractivity contribution >= 4 is 0 Å². The Bertz CT molecular complexity index is 169. The first-order valence-corrected chi connectivity index (χ1v) is 4.75. The minimum absolute atomic E-state index is 0.0247. The highest BCUT2D eigenvalue weighted by molar-refractivity contribution is 4.99. The molecule has 70 valence electrons. The van der Waals surface area contributed by atoms with Crippen LogP contribution in [-0.4, -0.2) is 24.9 Å². The summed E-state index contributed by atoms with van der Waals surface area (Å²) in [5.74, 6) is 0. The summed E-state index contributed by atoms with van der Waals surface area (Å²) < 4.78 is 11.1. The summed E-state index contributed by atoms with van der Waals surface area (Å²) in [6.45, 7) is 8.30. The molecule has 0 unspecified atom stereocenters. The van der Waals surface area contributed by atoms with Crippen molar-refractivity contribution in [3.8, 4) is 0 Å². The van der Waals surface area contributed by atoms with E-state index in [-0.39, 0.29) is 5.60 Å². The van der Waals surface area contributed by atoms with Gasteiger partial charge in [0, 0.05) is 5.41 Å². The summed E-state index contributed by atoms with van der Waals surface area (Å²) in [7, 11) is 0. The second kappa shape index (κ2) is 2.46. The molecule has 2 rings (SSSR count). The lowest BCUT2D eigenvalue weighted by Gasteiger charge is -2.54. The molecule has 1 spiro atoms. The Morgan fingerprint density at radius 3 is 2.17 bits per heavy atom. The maximum atomic E-state index is 5.85. The average Bonchev–Trinajstić information content (AvgIpc) is 1.69. The minimum Gasteiger partial charge on any atom is -0.380 e. The maximum absolute atomic E-state index is 5.85. The lowest BCUT2D eigenvalue weighted by atomic mass is 9.65. The molecule has 1 aliphatic carbocycles. The molecule has 1 aliphatic heterocycles. The lowest BCUT2D eigenvalue weighted by Crippen LogP contribution is -2.56. The van der Waals surface area contributed by atoms with Gasteiger partial charge in [-0.1, -0.05) is 0 Å². The third kappa shape index (κ3) is 1.50. The predicted octanol–water partition coefficient (Wildman–Crippen LogP) is 1.98. The van der Waals surface area contributed by atoms with Crippen LogP contribution in [0.5, 0.6) is 0 Å². The second-order valence-corrected chi connectivity index (χ2v) is 5.25. The fourth-order valence-corrected chi connectivity index (χ4v) is 2.12. The van der Waals surface area contributed by atoms with Crippen LogP contribution >= 0.6 is 0 Å². The lowest BCUT2D eigenvalue weighted by molar-refractivity contribution is -0.229. The third-order valence-corrected chi connectivity index (χ3v) is 2.66. The first kappa shape index (κ1) is 8.52. The van der Waals surface area contributed by atoms with Crippen molar-refractivity contribution in [1.82, 2.24) is 0 Å². The van der Waals surface area contributed by atoms with Crippen molar-refractivity contribution in [2.75, 3.05) is 13.2 Å². The first-order valence-electron chi connectivity index (χ1n) is 4.75.